The van der Waals surface area contributed by atoms with Crippen molar-refractivity contribution >= 4 is 11.9 Å². The second-order valence-corrected chi connectivity index (χ2v) is 6.43. The lowest BCUT2D eigenvalue weighted by molar-refractivity contribution is -0.133. The Morgan fingerprint density at radius 1 is 0.818 bits per heavy atom. The minimum absolute atomic E-state index is 0.176. The third-order valence-corrected chi connectivity index (χ3v) is 4.71. The molecule has 2 saturated carbocycles. The third-order valence-electron chi connectivity index (χ3n) is 4.71. The fraction of sp³-hybridized carbons (Fsp3) is 0.667. The first-order valence-corrected chi connectivity index (χ1v) is 8.17. The molecule has 22 heavy (non-hydrogen) atoms. The van der Waals surface area contributed by atoms with Gasteiger partial charge in [-0.1, -0.05) is 37.8 Å². The number of allylic oxidation sites excluding steroid dienone is 1. The van der Waals surface area contributed by atoms with Gasteiger partial charge in [0.25, 0.3) is 0 Å². The molecule has 0 aromatic carbocycles. The fourth-order valence-corrected chi connectivity index (χ4v) is 3.54. The highest BCUT2D eigenvalue weighted by molar-refractivity contribution is 5.87. The van der Waals surface area contributed by atoms with Gasteiger partial charge in [0.05, 0.1) is 0 Å². The third kappa shape index (κ3) is 5.32. The van der Waals surface area contributed by atoms with Gasteiger partial charge in [-0.05, 0) is 51.4 Å². The topological polar surface area (TPSA) is 74.6 Å². The number of carboxylic acid groups (broad SMARTS) is 2. The first kappa shape index (κ1) is 18.5. The van der Waals surface area contributed by atoms with Crippen LogP contribution in [0.3, 0.4) is 0 Å². The van der Waals surface area contributed by atoms with Crippen LogP contribution in [-0.2, 0) is 9.59 Å². The van der Waals surface area contributed by atoms with Crippen molar-refractivity contribution in [1.29, 1.82) is 0 Å². The largest absolute Gasteiger partial charge is 0.478 e. The second kappa shape index (κ2) is 8.76. The van der Waals surface area contributed by atoms with Crippen LogP contribution in [-0.4, -0.2) is 22.2 Å². The fourth-order valence-electron chi connectivity index (χ4n) is 3.54. The Morgan fingerprint density at radius 2 is 1.14 bits per heavy atom. The maximum Gasteiger partial charge on any atom is 0.331 e. The second-order valence-electron chi connectivity index (χ2n) is 6.43. The number of hydrogen-bond donors (Lipinski definition) is 2. The molecule has 0 aromatic rings. The van der Waals surface area contributed by atoms with E-state index in [2.05, 4.69) is 6.58 Å². The molecule has 0 aromatic heterocycles. The van der Waals surface area contributed by atoms with E-state index >= 15 is 0 Å². The summed E-state index contributed by atoms with van der Waals surface area (Å²) in [5.74, 6) is -0.470. The lowest BCUT2D eigenvalue weighted by atomic mass is 9.82. The van der Waals surface area contributed by atoms with Crippen LogP contribution in [0.1, 0.15) is 65.2 Å². The summed E-state index contributed by atoms with van der Waals surface area (Å²) in [6.45, 7) is 6.42. The predicted octanol–water partition coefficient (Wildman–Crippen LogP) is 4.42. The Morgan fingerprint density at radius 3 is 1.36 bits per heavy atom. The van der Waals surface area contributed by atoms with Crippen LogP contribution >= 0.6 is 0 Å². The number of hydrogen-bond acceptors (Lipinski definition) is 2. The molecule has 0 amide bonds. The van der Waals surface area contributed by atoms with E-state index in [4.69, 9.17) is 5.11 Å². The molecule has 124 valence electrons. The van der Waals surface area contributed by atoms with Crippen LogP contribution < -0.4 is 0 Å². The van der Waals surface area contributed by atoms with E-state index in [-0.39, 0.29) is 5.57 Å². The molecule has 2 rings (SSSR count). The molecule has 0 unspecified atom stereocenters. The normalized spacial score (nSPS) is 18.5. The van der Waals surface area contributed by atoms with Crippen LogP contribution in [0.4, 0.5) is 0 Å². The minimum Gasteiger partial charge on any atom is -0.478 e. The predicted molar refractivity (Wildman–Crippen MR) is 86.7 cm³/mol. The molecule has 0 saturated heterocycles. The van der Waals surface area contributed by atoms with Crippen molar-refractivity contribution in [1.82, 2.24) is 0 Å². The van der Waals surface area contributed by atoms with E-state index in [1.807, 2.05) is 6.92 Å². The maximum atomic E-state index is 11.2. The van der Waals surface area contributed by atoms with E-state index in [1.165, 1.54) is 63.9 Å². The smallest absolute Gasteiger partial charge is 0.331 e. The highest BCUT2D eigenvalue weighted by atomic mass is 16.4. The monoisotopic (exact) mass is 308 g/mol. The van der Waals surface area contributed by atoms with Crippen LogP contribution in [0.25, 0.3) is 0 Å². The van der Waals surface area contributed by atoms with Crippen molar-refractivity contribution in [3.05, 3.63) is 23.3 Å². The summed E-state index contributed by atoms with van der Waals surface area (Å²) in [5.41, 5.74) is 2.14. The van der Waals surface area contributed by atoms with Gasteiger partial charge >= 0.3 is 11.9 Å². The lowest BCUT2D eigenvalue weighted by Crippen LogP contribution is -2.14. The van der Waals surface area contributed by atoms with Gasteiger partial charge in [-0.25, -0.2) is 9.59 Å². The van der Waals surface area contributed by atoms with Gasteiger partial charge in [0.15, 0.2) is 0 Å². The van der Waals surface area contributed by atoms with Crippen molar-refractivity contribution in [3.8, 4) is 0 Å². The highest BCUT2D eigenvalue weighted by Crippen LogP contribution is 2.42. The summed E-state index contributed by atoms with van der Waals surface area (Å²) in [6, 6.07) is 0. The first-order chi connectivity index (χ1) is 10.3. The van der Waals surface area contributed by atoms with Gasteiger partial charge in [-0.15, -0.1) is 0 Å². The molecule has 0 spiro atoms. The average Bonchev–Trinajstić information content (AvgIpc) is 3.12. The lowest BCUT2D eigenvalue weighted by Gasteiger charge is -2.22. The van der Waals surface area contributed by atoms with Crippen molar-refractivity contribution < 1.29 is 19.8 Å². The quantitative estimate of drug-likeness (QED) is 0.754. The summed E-state index contributed by atoms with van der Waals surface area (Å²) in [4.78, 5) is 20.8. The van der Waals surface area contributed by atoms with Gasteiger partial charge < -0.3 is 10.2 Å². The Labute approximate surface area is 132 Å². The molecule has 0 bridgehead atoms. The van der Waals surface area contributed by atoms with Crippen LogP contribution in [0, 0.1) is 11.8 Å². The van der Waals surface area contributed by atoms with Crippen LogP contribution in [0.5, 0.6) is 0 Å². The Bertz CT molecular complexity index is 420. The van der Waals surface area contributed by atoms with E-state index in [0.29, 0.717) is 17.4 Å². The van der Waals surface area contributed by atoms with Crippen molar-refractivity contribution in [2.24, 2.45) is 11.8 Å². The maximum absolute atomic E-state index is 11.2. The van der Waals surface area contributed by atoms with Gasteiger partial charge in [0, 0.05) is 11.1 Å². The minimum atomic E-state index is -0.935. The van der Waals surface area contributed by atoms with E-state index in [1.54, 1.807) is 0 Å². The molecular weight excluding hydrogens is 280 g/mol. The zero-order valence-corrected chi connectivity index (χ0v) is 13.7. The first-order valence-electron chi connectivity index (χ1n) is 8.17. The van der Waals surface area contributed by atoms with Gasteiger partial charge in [0.1, 0.15) is 0 Å². The molecule has 0 atom stereocenters. The standard InChI is InChI=1S/C14H22O2.C4H6O2/c1-10(14(15)16)13(11-6-2-3-7-11)12-8-4-5-9-12;1-3(2)4(5)6/h11-12H,2-9H2,1H3,(H,15,16);1H2,2H3,(H,5,6). The zero-order valence-electron chi connectivity index (χ0n) is 13.7. The summed E-state index contributed by atoms with van der Waals surface area (Å²) in [5, 5.41) is 17.1. The van der Waals surface area contributed by atoms with Crippen LogP contribution in [0.15, 0.2) is 23.3 Å². The average molecular weight is 308 g/mol. The molecular formula is C18H28O4. The molecule has 2 N–H and O–H groups in total. The number of rotatable bonds is 4. The van der Waals surface area contributed by atoms with Gasteiger partial charge in [-0.3, -0.25) is 0 Å². The van der Waals surface area contributed by atoms with Crippen molar-refractivity contribution in [2.75, 3.05) is 0 Å². The summed E-state index contributed by atoms with van der Waals surface area (Å²) in [7, 11) is 0. The SMILES string of the molecule is C=C(C)C(=O)O.CC(C(=O)O)=C(C1CCCC1)C1CCCC1. The molecule has 2 aliphatic carbocycles. The van der Waals surface area contributed by atoms with Crippen LogP contribution in [0.2, 0.25) is 0 Å². The Hall–Kier alpha value is -1.58. The number of aliphatic carboxylic acids is 2. The van der Waals surface area contributed by atoms with E-state index in [0.717, 1.165) is 0 Å². The summed E-state index contributed by atoms with van der Waals surface area (Å²) < 4.78 is 0. The Balaban J connectivity index is 0.000000346. The van der Waals surface area contributed by atoms with Crippen molar-refractivity contribution in [3.63, 3.8) is 0 Å². The number of carboxylic acids is 2. The molecule has 0 heterocycles. The molecule has 0 radical (unpaired) electrons. The van der Waals surface area contributed by atoms with E-state index < -0.39 is 11.9 Å². The molecule has 0 aliphatic heterocycles. The Kier molecular flexibility index (Phi) is 7.36. The summed E-state index contributed by atoms with van der Waals surface area (Å²) >= 11 is 0. The molecule has 2 aliphatic rings. The molecule has 2 fully saturated rings. The zero-order chi connectivity index (χ0) is 16.7. The number of carbonyl (C=O) groups is 2. The van der Waals surface area contributed by atoms with Gasteiger partial charge in [0.2, 0.25) is 0 Å². The summed E-state index contributed by atoms with van der Waals surface area (Å²) in [6.07, 6.45) is 10.0. The van der Waals surface area contributed by atoms with Gasteiger partial charge in [-0.2, -0.15) is 0 Å². The van der Waals surface area contributed by atoms with E-state index in [9.17, 15) is 14.7 Å². The highest BCUT2D eigenvalue weighted by Gasteiger charge is 2.30. The van der Waals surface area contributed by atoms with Crippen molar-refractivity contribution in [2.45, 2.75) is 65.2 Å². The molecule has 4 heteroatoms. The molecule has 4 nitrogen and oxygen atoms in total.